The second kappa shape index (κ2) is 13.5. The van der Waals surface area contributed by atoms with Crippen molar-refractivity contribution in [1.82, 2.24) is 35.7 Å². The molecule has 40 heavy (non-hydrogen) atoms. The Balaban J connectivity index is 1.40. The van der Waals surface area contributed by atoms with E-state index in [0.29, 0.717) is 35.8 Å². The summed E-state index contributed by atoms with van der Waals surface area (Å²) in [6.45, 7) is 2.74. The van der Waals surface area contributed by atoms with Crippen molar-refractivity contribution in [3.05, 3.63) is 71.0 Å². The van der Waals surface area contributed by atoms with Crippen molar-refractivity contribution in [3.63, 3.8) is 0 Å². The molecule has 0 aliphatic carbocycles. The lowest BCUT2D eigenvalue weighted by atomic mass is 9.85. The van der Waals surface area contributed by atoms with E-state index in [0.717, 1.165) is 12.0 Å². The number of likely N-dealkylation sites (tertiary alicyclic amines) is 1. The maximum atomic E-state index is 13.5. The van der Waals surface area contributed by atoms with Gasteiger partial charge in [0.15, 0.2) is 0 Å². The van der Waals surface area contributed by atoms with E-state index in [1.165, 1.54) is 11.0 Å². The summed E-state index contributed by atoms with van der Waals surface area (Å²) in [4.78, 5) is 46.9. The summed E-state index contributed by atoms with van der Waals surface area (Å²) in [5.74, 6) is -0.511. The van der Waals surface area contributed by atoms with Crippen LogP contribution in [0.3, 0.4) is 0 Å². The Morgan fingerprint density at radius 2 is 1.98 bits per heavy atom. The number of nitrogens with one attached hydrogen (secondary N) is 2. The Morgan fingerprint density at radius 1 is 1.20 bits per heavy atom. The maximum absolute atomic E-state index is 13.5. The highest BCUT2D eigenvalue weighted by Crippen LogP contribution is 2.36. The number of nitrogens with zero attached hydrogens (tertiary/aromatic N) is 5. The molecule has 12 nitrogen and oxygen atoms in total. The van der Waals surface area contributed by atoms with Gasteiger partial charge in [0.05, 0.1) is 17.9 Å². The fourth-order valence-corrected chi connectivity index (χ4v) is 5.71. The van der Waals surface area contributed by atoms with Gasteiger partial charge < -0.3 is 20.4 Å². The van der Waals surface area contributed by atoms with Crippen LogP contribution in [-0.2, 0) is 20.7 Å². The van der Waals surface area contributed by atoms with Gasteiger partial charge in [-0.3, -0.25) is 19.1 Å². The van der Waals surface area contributed by atoms with Crippen molar-refractivity contribution in [3.8, 4) is 5.69 Å². The van der Waals surface area contributed by atoms with Crippen LogP contribution in [-0.4, -0.2) is 78.0 Å². The number of amides is 2. The van der Waals surface area contributed by atoms with E-state index in [-0.39, 0.29) is 36.9 Å². The standard InChI is InChI=1S/C26H33ClN7O5P/c1-18(25(35)28-16-21-14-22(27)8-9-23(21)34-17-29-31-32-34)30-26(36)24-15-20(19-6-3-2-4-7-19)10-12-33(24)11-5-13-40(37,38)39/h2-4,6-9,14,17-18,20,24H,5,10-13,15-16H2,1H3,(H,28,35)(H,30,36)(H2,37,38,39)/t18?,20-,24+/m0/s1. The molecule has 0 bridgehead atoms. The molecule has 1 aliphatic rings. The Bertz CT molecular complexity index is 1340. The van der Waals surface area contributed by atoms with E-state index in [9.17, 15) is 23.9 Å². The molecule has 1 fully saturated rings. The van der Waals surface area contributed by atoms with Gasteiger partial charge in [0, 0.05) is 11.6 Å². The lowest BCUT2D eigenvalue weighted by molar-refractivity contribution is -0.132. The molecule has 214 valence electrons. The number of aromatic nitrogens is 4. The van der Waals surface area contributed by atoms with Gasteiger partial charge in [0.2, 0.25) is 11.8 Å². The quantitative estimate of drug-likeness (QED) is 0.246. The van der Waals surface area contributed by atoms with Crippen molar-refractivity contribution < 1.29 is 23.9 Å². The van der Waals surface area contributed by atoms with Crippen LogP contribution in [0.4, 0.5) is 0 Å². The maximum Gasteiger partial charge on any atom is 0.325 e. The number of hydrogen-bond acceptors (Lipinski definition) is 7. The highest BCUT2D eigenvalue weighted by atomic mass is 35.5. The number of carbonyl (C=O) groups excluding carboxylic acids is 2. The molecule has 0 spiro atoms. The Labute approximate surface area is 237 Å². The summed E-state index contributed by atoms with van der Waals surface area (Å²) in [7, 11) is -4.13. The third-order valence-corrected chi connectivity index (χ3v) is 8.16. The van der Waals surface area contributed by atoms with Gasteiger partial charge >= 0.3 is 7.60 Å². The molecule has 1 aromatic heterocycles. The van der Waals surface area contributed by atoms with Crippen molar-refractivity contribution in [2.24, 2.45) is 0 Å². The summed E-state index contributed by atoms with van der Waals surface area (Å²) in [6.07, 6.45) is 2.83. The molecular formula is C26H33ClN7O5P. The van der Waals surface area contributed by atoms with Crippen LogP contribution in [0.1, 0.15) is 43.2 Å². The molecule has 1 unspecified atom stereocenters. The third-order valence-electron chi connectivity index (χ3n) is 7.02. The first kappa shape index (κ1) is 29.8. The van der Waals surface area contributed by atoms with Gasteiger partial charge in [0.1, 0.15) is 12.4 Å². The van der Waals surface area contributed by atoms with Crippen LogP contribution in [0.5, 0.6) is 0 Å². The van der Waals surface area contributed by atoms with Crippen molar-refractivity contribution in [1.29, 1.82) is 0 Å². The molecule has 3 atom stereocenters. The minimum absolute atomic E-state index is 0.142. The third kappa shape index (κ3) is 8.18. The van der Waals surface area contributed by atoms with E-state index in [1.54, 1.807) is 25.1 Å². The number of carbonyl (C=O) groups is 2. The smallest absolute Gasteiger partial charge is 0.325 e. The molecule has 1 saturated heterocycles. The number of hydrogen-bond donors (Lipinski definition) is 4. The van der Waals surface area contributed by atoms with Crippen molar-refractivity contribution in [2.75, 3.05) is 19.3 Å². The first-order chi connectivity index (χ1) is 19.1. The summed E-state index contributed by atoms with van der Waals surface area (Å²) < 4.78 is 12.8. The van der Waals surface area contributed by atoms with Gasteiger partial charge in [-0.15, -0.1) is 5.10 Å². The average molecular weight is 590 g/mol. The van der Waals surface area contributed by atoms with Gasteiger partial charge in [-0.05, 0) is 84.9 Å². The van der Waals surface area contributed by atoms with Crippen LogP contribution in [0, 0.1) is 0 Å². The van der Waals surface area contributed by atoms with E-state index >= 15 is 0 Å². The molecule has 4 rings (SSSR count). The zero-order valence-electron chi connectivity index (χ0n) is 22.1. The molecule has 4 N–H and O–H groups in total. The summed E-state index contributed by atoms with van der Waals surface area (Å²) in [5, 5.41) is 17.4. The Hall–Kier alpha value is -3.15. The second-order valence-electron chi connectivity index (χ2n) is 9.90. The molecule has 14 heteroatoms. The summed E-state index contributed by atoms with van der Waals surface area (Å²) in [6, 6.07) is 13.8. The molecule has 3 aromatic rings. The first-order valence-electron chi connectivity index (χ1n) is 13.0. The monoisotopic (exact) mass is 589 g/mol. The second-order valence-corrected chi connectivity index (χ2v) is 12.1. The summed E-state index contributed by atoms with van der Waals surface area (Å²) in [5.41, 5.74) is 2.49. The number of piperidine rings is 1. The van der Waals surface area contributed by atoms with Gasteiger partial charge in [-0.1, -0.05) is 41.9 Å². The van der Waals surface area contributed by atoms with Gasteiger partial charge in [-0.2, -0.15) is 0 Å². The fraction of sp³-hybridized carbons (Fsp3) is 0.423. The number of tetrazole rings is 1. The minimum Gasteiger partial charge on any atom is -0.350 e. The van der Waals surface area contributed by atoms with Crippen LogP contribution >= 0.6 is 19.2 Å². The highest BCUT2D eigenvalue weighted by Gasteiger charge is 2.35. The van der Waals surface area contributed by atoms with Gasteiger partial charge in [-0.25, -0.2) is 4.68 Å². The largest absolute Gasteiger partial charge is 0.350 e. The minimum atomic E-state index is -4.13. The predicted molar refractivity (Wildman–Crippen MR) is 149 cm³/mol. The van der Waals surface area contributed by atoms with Crippen molar-refractivity contribution >= 4 is 31.0 Å². The van der Waals surface area contributed by atoms with Crippen LogP contribution in [0.25, 0.3) is 5.69 Å². The van der Waals surface area contributed by atoms with Crippen LogP contribution < -0.4 is 10.6 Å². The number of halogens is 1. The summed E-state index contributed by atoms with van der Waals surface area (Å²) >= 11 is 6.16. The zero-order valence-corrected chi connectivity index (χ0v) is 23.7. The van der Waals surface area contributed by atoms with Crippen molar-refractivity contribution in [2.45, 2.75) is 50.7 Å². The average Bonchev–Trinajstić information content (AvgIpc) is 3.46. The van der Waals surface area contributed by atoms with Crippen LogP contribution in [0.15, 0.2) is 54.9 Å². The molecular weight excluding hydrogens is 557 g/mol. The first-order valence-corrected chi connectivity index (χ1v) is 15.2. The lowest BCUT2D eigenvalue weighted by Crippen LogP contribution is -2.55. The highest BCUT2D eigenvalue weighted by molar-refractivity contribution is 7.51. The Morgan fingerprint density at radius 3 is 2.67 bits per heavy atom. The van der Waals surface area contributed by atoms with E-state index in [1.807, 2.05) is 35.2 Å². The lowest BCUT2D eigenvalue weighted by Gasteiger charge is -2.39. The predicted octanol–water partition coefficient (Wildman–Crippen LogP) is 2.25. The normalized spacial score (nSPS) is 18.7. The zero-order chi connectivity index (χ0) is 28.7. The fourth-order valence-electron chi connectivity index (χ4n) is 4.96. The van der Waals surface area contributed by atoms with E-state index < -0.39 is 19.7 Å². The topological polar surface area (TPSA) is 163 Å². The molecule has 0 radical (unpaired) electrons. The molecule has 2 heterocycles. The molecule has 2 amide bonds. The van der Waals surface area contributed by atoms with E-state index in [4.69, 9.17) is 11.6 Å². The Kier molecular flexibility index (Phi) is 10.0. The SMILES string of the molecule is CC(NC(=O)[C@H]1C[C@@H](c2ccccc2)CCN1CCCP(=O)(O)O)C(=O)NCc1cc(Cl)ccc1-n1cnnn1. The number of rotatable bonds is 11. The molecule has 0 saturated carbocycles. The molecule has 2 aromatic carbocycles. The molecule has 1 aliphatic heterocycles. The van der Waals surface area contributed by atoms with E-state index in [2.05, 4.69) is 26.2 Å². The van der Waals surface area contributed by atoms with Gasteiger partial charge in [0.25, 0.3) is 0 Å². The van der Waals surface area contributed by atoms with Crippen LogP contribution in [0.2, 0.25) is 5.02 Å². The number of benzene rings is 2.